The Hall–Kier alpha value is -3.38. The second-order valence-electron chi connectivity index (χ2n) is 9.74. The first-order valence-corrected chi connectivity index (χ1v) is 12.5. The van der Waals surface area contributed by atoms with E-state index in [1.165, 1.54) is 5.01 Å². The van der Waals surface area contributed by atoms with E-state index in [4.69, 9.17) is 15.6 Å². The van der Waals surface area contributed by atoms with E-state index in [2.05, 4.69) is 10.0 Å². The van der Waals surface area contributed by atoms with Crippen molar-refractivity contribution in [2.75, 3.05) is 13.1 Å². The first kappa shape index (κ1) is 30.2. The number of benzene rings is 2. The van der Waals surface area contributed by atoms with Crippen molar-refractivity contribution >= 4 is 17.6 Å². The molecule has 2 aliphatic rings. The number of rotatable bonds is 5. The molecule has 2 atom stereocenters. The summed E-state index contributed by atoms with van der Waals surface area (Å²) in [5.74, 6) is -3.97. The van der Waals surface area contributed by atoms with Gasteiger partial charge in [-0.3, -0.25) is 9.69 Å². The van der Waals surface area contributed by atoms with Gasteiger partial charge in [-0.05, 0) is 49.9 Å². The number of nitrogens with two attached hydrogens (primary N) is 1. The molecule has 2 aromatic rings. The van der Waals surface area contributed by atoms with E-state index in [1.807, 2.05) is 44.2 Å². The molecule has 1 amide bonds. The topological polar surface area (TPSA) is 99.2 Å². The summed E-state index contributed by atoms with van der Waals surface area (Å²) < 4.78 is 60.2. The van der Waals surface area contributed by atoms with Gasteiger partial charge in [-0.25, -0.2) is 18.6 Å². The molecule has 2 unspecified atom stereocenters. The van der Waals surface area contributed by atoms with Gasteiger partial charge in [-0.15, -0.1) is 0 Å². The average molecular weight is 555 g/mol. The van der Waals surface area contributed by atoms with Crippen LogP contribution in [-0.2, 0) is 15.1 Å². The maximum Gasteiger partial charge on any atom is 0.490 e. The highest BCUT2D eigenvalue weighted by Gasteiger charge is 2.46. The van der Waals surface area contributed by atoms with Crippen molar-refractivity contribution in [1.82, 2.24) is 9.91 Å². The third-order valence-corrected chi connectivity index (χ3v) is 6.97. The van der Waals surface area contributed by atoms with Gasteiger partial charge in [0, 0.05) is 31.1 Å². The van der Waals surface area contributed by atoms with E-state index in [0.717, 1.165) is 49.7 Å². The molecule has 2 aromatic carbocycles. The summed E-state index contributed by atoms with van der Waals surface area (Å²) >= 11 is 0. The first-order chi connectivity index (χ1) is 18.3. The predicted octanol–water partition coefficient (Wildman–Crippen LogP) is 4.65. The highest BCUT2D eigenvalue weighted by Crippen LogP contribution is 2.40. The minimum absolute atomic E-state index is 0.0967. The van der Waals surface area contributed by atoms with Crippen LogP contribution in [0.25, 0.3) is 0 Å². The maximum atomic E-state index is 14.6. The van der Waals surface area contributed by atoms with Crippen molar-refractivity contribution in [3.8, 4) is 0 Å². The second-order valence-corrected chi connectivity index (χ2v) is 9.74. The summed E-state index contributed by atoms with van der Waals surface area (Å²) in [6, 6.07) is 12.8. The molecule has 39 heavy (non-hydrogen) atoms. The Balaban J connectivity index is 0.000000532. The van der Waals surface area contributed by atoms with E-state index in [1.54, 1.807) is 0 Å². The van der Waals surface area contributed by atoms with Crippen molar-refractivity contribution in [2.24, 2.45) is 10.8 Å². The molecule has 0 bridgehead atoms. The van der Waals surface area contributed by atoms with Gasteiger partial charge in [0.25, 0.3) is 5.91 Å². The van der Waals surface area contributed by atoms with Gasteiger partial charge in [0.15, 0.2) is 0 Å². The van der Waals surface area contributed by atoms with E-state index < -0.39 is 29.3 Å². The van der Waals surface area contributed by atoms with Crippen LogP contribution < -0.4 is 5.73 Å². The third kappa shape index (κ3) is 6.99. The van der Waals surface area contributed by atoms with Gasteiger partial charge in [-0.2, -0.15) is 18.3 Å². The molecule has 0 spiro atoms. The Bertz CT molecular complexity index is 1200. The number of carboxylic acid groups (broad SMARTS) is 1. The number of carbonyl (C=O) groups excluding carboxylic acids is 1. The Morgan fingerprint density at radius 1 is 1.13 bits per heavy atom. The summed E-state index contributed by atoms with van der Waals surface area (Å²) in [6.45, 7) is 5.45. The lowest BCUT2D eigenvalue weighted by atomic mass is 9.85. The van der Waals surface area contributed by atoms with Gasteiger partial charge in [0.05, 0.1) is 17.3 Å². The standard InChI is InChI=1S/C25H30F2N4O.C2HF3O2/c1-3-23(30-13-11-19(28)12-14-30)24(32)31-25(2,17-7-5-4-6-8-17)16-22(29-31)20-15-18(26)9-10-21(20)27;3-2(4,5)1(6)7/h4-10,15,19,23H,3,11-14,16,28H2,1-2H3;(H,6,7). The molecule has 2 heterocycles. The Morgan fingerprint density at radius 2 is 1.72 bits per heavy atom. The van der Waals surface area contributed by atoms with Crippen LogP contribution in [0.2, 0.25) is 0 Å². The van der Waals surface area contributed by atoms with Crippen LogP contribution in [0.1, 0.15) is 50.7 Å². The number of halogens is 5. The molecule has 1 saturated heterocycles. The lowest BCUT2D eigenvalue weighted by Gasteiger charge is -2.40. The molecule has 4 rings (SSSR count). The fourth-order valence-corrected chi connectivity index (χ4v) is 4.81. The Labute approximate surface area is 223 Å². The van der Waals surface area contributed by atoms with Crippen molar-refractivity contribution < 1.29 is 36.6 Å². The van der Waals surface area contributed by atoms with Gasteiger partial charge in [0.1, 0.15) is 11.6 Å². The van der Waals surface area contributed by atoms with Crippen molar-refractivity contribution in [2.45, 2.75) is 63.3 Å². The Kier molecular flexibility index (Phi) is 9.44. The molecule has 0 radical (unpaired) electrons. The number of aliphatic carboxylic acids is 1. The molecule has 1 fully saturated rings. The molecule has 7 nitrogen and oxygen atoms in total. The number of amides is 1. The SMILES string of the molecule is CCC(C(=O)N1N=C(c2cc(F)ccc2F)CC1(C)c1ccccc1)N1CCC(N)CC1.O=C(O)C(F)(F)F. The number of piperidine rings is 1. The number of carboxylic acids is 1. The molecule has 12 heteroatoms. The van der Waals surface area contributed by atoms with E-state index in [0.29, 0.717) is 18.6 Å². The van der Waals surface area contributed by atoms with E-state index >= 15 is 0 Å². The lowest BCUT2D eigenvalue weighted by Crippen LogP contribution is -2.54. The zero-order valence-corrected chi connectivity index (χ0v) is 21.6. The molecule has 0 aliphatic carbocycles. The number of hydrogen-bond donors (Lipinski definition) is 2. The zero-order valence-electron chi connectivity index (χ0n) is 21.6. The molecule has 2 aliphatic heterocycles. The van der Waals surface area contributed by atoms with Gasteiger partial charge >= 0.3 is 12.1 Å². The average Bonchev–Trinajstić information content (AvgIpc) is 3.25. The van der Waals surface area contributed by atoms with Crippen LogP contribution in [0.15, 0.2) is 53.6 Å². The van der Waals surface area contributed by atoms with Crippen LogP contribution in [0.5, 0.6) is 0 Å². The number of nitrogens with zero attached hydrogens (tertiary/aromatic N) is 3. The fraction of sp³-hybridized carbons (Fsp3) is 0.444. The maximum absolute atomic E-state index is 14.6. The van der Waals surface area contributed by atoms with Crippen LogP contribution in [0, 0.1) is 11.6 Å². The molecular formula is C27H31F5N4O3. The summed E-state index contributed by atoms with van der Waals surface area (Å²) in [7, 11) is 0. The first-order valence-electron chi connectivity index (χ1n) is 12.5. The quantitative estimate of drug-likeness (QED) is 0.525. The number of alkyl halides is 3. The fourth-order valence-electron chi connectivity index (χ4n) is 4.81. The highest BCUT2D eigenvalue weighted by molar-refractivity contribution is 6.04. The minimum Gasteiger partial charge on any atom is -0.475 e. The van der Waals surface area contributed by atoms with E-state index in [9.17, 15) is 26.7 Å². The van der Waals surface area contributed by atoms with Gasteiger partial charge in [-0.1, -0.05) is 37.3 Å². The largest absolute Gasteiger partial charge is 0.490 e. The summed E-state index contributed by atoms with van der Waals surface area (Å²) in [6.07, 6.45) is -2.45. The van der Waals surface area contributed by atoms with Crippen LogP contribution >= 0.6 is 0 Å². The number of hydrazone groups is 1. The molecule has 0 saturated carbocycles. The van der Waals surface area contributed by atoms with Crippen LogP contribution in [0.4, 0.5) is 22.0 Å². The number of carbonyl (C=O) groups is 2. The number of likely N-dealkylation sites (tertiary alicyclic amines) is 1. The van der Waals surface area contributed by atoms with E-state index in [-0.39, 0.29) is 23.6 Å². The normalized spacial score (nSPS) is 21.1. The third-order valence-electron chi connectivity index (χ3n) is 6.97. The smallest absolute Gasteiger partial charge is 0.475 e. The van der Waals surface area contributed by atoms with Crippen molar-refractivity contribution in [3.63, 3.8) is 0 Å². The van der Waals surface area contributed by atoms with Gasteiger partial charge in [0.2, 0.25) is 0 Å². The van der Waals surface area contributed by atoms with Crippen LogP contribution in [0.3, 0.4) is 0 Å². The summed E-state index contributed by atoms with van der Waals surface area (Å²) in [4.78, 5) is 24.9. The minimum atomic E-state index is -5.08. The highest BCUT2D eigenvalue weighted by atomic mass is 19.4. The number of hydrogen-bond acceptors (Lipinski definition) is 5. The zero-order chi connectivity index (χ0) is 29.0. The molecule has 0 aromatic heterocycles. The summed E-state index contributed by atoms with van der Waals surface area (Å²) in [5.41, 5.74) is 6.63. The van der Waals surface area contributed by atoms with Crippen molar-refractivity contribution in [3.05, 3.63) is 71.3 Å². The Morgan fingerprint density at radius 3 is 2.26 bits per heavy atom. The molecular weight excluding hydrogens is 523 g/mol. The van der Waals surface area contributed by atoms with Crippen molar-refractivity contribution in [1.29, 1.82) is 0 Å². The molecule has 3 N–H and O–H groups in total. The lowest BCUT2D eigenvalue weighted by molar-refractivity contribution is -0.192. The molecule has 212 valence electrons. The second kappa shape index (κ2) is 12.2. The predicted molar refractivity (Wildman–Crippen MR) is 135 cm³/mol. The van der Waals surface area contributed by atoms with Crippen LogP contribution in [-0.4, -0.2) is 64.0 Å². The van der Waals surface area contributed by atoms with Gasteiger partial charge < -0.3 is 10.8 Å². The monoisotopic (exact) mass is 554 g/mol. The summed E-state index contributed by atoms with van der Waals surface area (Å²) in [5, 5.41) is 13.2.